The van der Waals surface area contributed by atoms with Crippen molar-refractivity contribution in [2.75, 3.05) is 0 Å². The molecule has 0 aliphatic rings. The molecule has 0 saturated carbocycles. The lowest BCUT2D eigenvalue weighted by atomic mass is 10.0. The minimum Gasteiger partial charge on any atom is -0.328 e. The Bertz CT molecular complexity index is 544. The summed E-state index contributed by atoms with van der Waals surface area (Å²) in [5, 5.41) is 0. The van der Waals surface area contributed by atoms with Gasteiger partial charge in [0.2, 0.25) is 0 Å². The molecular formula is C17H23N3. The van der Waals surface area contributed by atoms with Crippen LogP contribution < -0.4 is 5.73 Å². The van der Waals surface area contributed by atoms with Gasteiger partial charge in [0.1, 0.15) is 5.82 Å². The molecule has 0 aliphatic carbocycles. The zero-order chi connectivity index (χ0) is 14.5. The first-order chi connectivity index (χ1) is 9.54. The molecule has 0 fully saturated rings. The summed E-state index contributed by atoms with van der Waals surface area (Å²) in [7, 11) is 0. The largest absolute Gasteiger partial charge is 0.328 e. The number of benzene rings is 1. The van der Waals surface area contributed by atoms with Crippen LogP contribution in [0.15, 0.2) is 36.5 Å². The molecule has 0 amide bonds. The number of rotatable bonds is 5. The molecule has 0 aliphatic heterocycles. The Hall–Kier alpha value is -1.74. The second-order valence-electron chi connectivity index (χ2n) is 5.83. The van der Waals surface area contributed by atoms with Crippen LogP contribution in [0.5, 0.6) is 0 Å². The summed E-state index contributed by atoms with van der Waals surface area (Å²) in [6.45, 7) is 6.44. The van der Waals surface area contributed by atoms with Gasteiger partial charge in [0.05, 0.1) is 5.69 Å². The number of hydrogen-bond donors (Lipinski definition) is 1. The number of nitrogens with two attached hydrogens (primary N) is 1. The maximum atomic E-state index is 5.80. The van der Waals surface area contributed by atoms with E-state index in [-0.39, 0.29) is 6.04 Å². The van der Waals surface area contributed by atoms with Crippen molar-refractivity contribution in [2.45, 2.75) is 39.7 Å². The van der Waals surface area contributed by atoms with Gasteiger partial charge in [0.15, 0.2) is 0 Å². The van der Waals surface area contributed by atoms with Crippen LogP contribution in [0.2, 0.25) is 0 Å². The Labute approximate surface area is 121 Å². The summed E-state index contributed by atoms with van der Waals surface area (Å²) < 4.78 is 0. The fraction of sp³-hybridized carbons (Fsp3) is 0.412. The summed E-state index contributed by atoms with van der Waals surface area (Å²) in [6.07, 6.45) is 3.63. The lowest BCUT2D eigenvalue weighted by molar-refractivity contribution is 0.647. The molecule has 106 valence electrons. The van der Waals surface area contributed by atoms with Gasteiger partial charge in [-0.15, -0.1) is 0 Å². The molecule has 3 heteroatoms. The predicted molar refractivity (Wildman–Crippen MR) is 83.4 cm³/mol. The van der Waals surface area contributed by atoms with E-state index in [1.54, 1.807) is 0 Å². The summed E-state index contributed by atoms with van der Waals surface area (Å²) in [5.74, 6) is 1.49. The van der Waals surface area contributed by atoms with E-state index in [0.29, 0.717) is 12.3 Å². The highest BCUT2D eigenvalue weighted by Crippen LogP contribution is 2.18. The summed E-state index contributed by atoms with van der Waals surface area (Å²) in [4.78, 5) is 8.85. The van der Waals surface area contributed by atoms with Gasteiger partial charge in [-0.25, -0.2) is 9.97 Å². The van der Waals surface area contributed by atoms with E-state index in [0.717, 1.165) is 23.5 Å². The first-order valence-corrected chi connectivity index (χ1v) is 7.21. The van der Waals surface area contributed by atoms with E-state index in [2.05, 4.69) is 48.1 Å². The van der Waals surface area contributed by atoms with Crippen LogP contribution >= 0.6 is 0 Å². The van der Waals surface area contributed by atoms with Gasteiger partial charge in [0, 0.05) is 24.2 Å². The van der Waals surface area contributed by atoms with Gasteiger partial charge in [-0.3, -0.25) is 0 Å². The van der Waals surface area contributed by atoms with Crippen LogP contribution in [0.3, 0.4) is 0 Å². The Morgan fingerprint density at radius 2 is 1.70 bits per heavy atom. The molecule has 1 unspecified atom stereocenters. The van der Waals surface area contributed by atoms with Crippen molar-refractivity contribution in [3.05, 3.63) is 47.9 Å². The third-order valence-electron chi connectivity index (χ3n) is 3.10. The lowest BCUT2D eigenvalue weighted by Crippen LogP contribution is -2.19. The SMILES string of the molecule is CC(C)Cc1ccc(-c2ccnc(CC(C)N)n2)cc1. The van der Waals surface area contributed by atoms with E-state index in [1.165, 1.54) is 5.56 Å². The highest BCUT2D eigenvalue weighted by Gasteiger charge is 2.05. The zero-order valence-corrected chi connectivity index (χ0v) is 12.5. The average Bonchev–Trinajstić information content (AvgIpc) is 2.38. The monoisotopic (exact) mass is 269 g/mol. The standard InChI is InChI=1S/C17H23N3/c1-12(2)10-14-4-6-15(7-5-14)16-8-9-19-17(20-16)11-13(3)18/h4-9,12-13H,10-11,18H2,1-3H3. The van der Waals surface area contributed by atoms with E-state index in [1.807, 2.05) is 19.2 Å². The molecule has 1 atom stereocenters. The molecule has 2 rings (SSSR count). The van der Waals surface area contributed by atoms with Gasteiger partial charge >= 0.3 is 0 Å². The van der Waals surface area contributed by atoms with E-state index in [9.17, 15) is 0 Å². The normalized spacial score (nSPS) is 12.7. The van der Waals surface area contributed by atoms with Crippen LogP contribution in [0.4, 0.5) is 0 Å². The third-order valence-corrected chi connectivity index (χ3v) is 3.10. The van der Waals surface area contributed by atoms with Crippen molar-refractivity contribution in [1.29, 1.82) is 0 Å². The Morgan fingerprint density at radius 1 is 1.00 bits per heavy atom. The van der Waals surface area contributed by atoms with Gasteiger partial charge < -0.3 is 5.73 Å². The highest BCUT2D eigenvalue weighted by atomic mass is 14.9. The summed E-state index contributed by atoms with van der Waals surface area (Å²) in [6, 6.07) is 10.7. The van der Waals surface area contributed by atoms with Crippen molar-refractivity contribution in [3.63, 3.8) is 0 Å². The zero-order valence-electron chi connectivity index (χ0n) is 12.5. The molecule has 20 heavy (non-hydrogen) atoms. The maximum absolute atomic E-state index is 5.80. The Balaban J connectivity index is 2.18. The fourth-order valence-corrected chi connectivity index (χ4v) is 2.23. The molecule has 3 nitrogen and oxygen atoms in total. The number of hydrogen-bond acceptors (Lipinski definition) is 3. The van der Waals surface area contributed by atoms with Crippen molar-refractivity contribution in [1.82, 2.24) is 9.97 Å². The van der Waals surface area contributed by atoms with Crippen LogP contribution in [-0.4, -0.2) is 16.0 Å². The van der Waals surface area contributed by atoms with Crippen LogP contribution in [-0.2, 0) is 12.8 Å². The van der Waals surface area contributed by atoms with Crippen LogP contribution in [0, 0.1) is 5.92 Å². The second kappa shape index (κ2) is 6.62. The highest BCUT2D eigenvalue weighted by molar-refractivity contribution is 5.59. The van der Waals surface area contributed by atoms with Crippen LogP contribution in [0.25, 0.3) is 11.3 Å². The topological polar surface area (TPSA) is 51.8 Å². The van der Waals surface area contributed by atoms with E-state index in [4.69, 9.17) is 5.73 Å². The predicted octanol–water partition coefficient (Wildman–Crippen LogP) is 3.23. The van der Waals surface area contributed by atoms with E-state index < -0.39 is 0 Å². The number of nitrogens with zero attached hydrogens (tertiary/aromatic N) is 2. The van der Waals surface area contributed by atoms with Crippen molar-refractivity contribution >= 4 is 0 Å². The first-order valence-electron chi connectivity index (χ1n) is 7.21. The number of aromatic nitrogens is 2. The molecule has 2 aromatic rings. The first kappa shape index (κ1) is 14.7. The minimum absolute atomic E-state index is 0.0821. The Morgan fingerprint density at radius 3 is 2.30 bits per heavy atom. The molecule has 0 spiro atoms. The summed E-state index contributed by atoms with van der Waals surface area (Å²) in [5.41, 5.74) is 9.26. The molecule has 2 N–H and O–H groups in total. The molecule has 1 aromatic heterocycles. The molecule has 1 heterocycles. The minimum atomic E-state index is 0.0821. The van der Waals surface area contributed by atoms with Gasteiger partial charge in [-0.2, -0.15) is 0 Å². The van der Waals surface area contributed by atoms with Gasteiger partial charge in [-0.1, -0.05) is 38.1 Å². The van der Waals surface area contributed by atoms with Gasteiger partial charge in [-0.05, 0) is 30.9 Å². The smallest absolute Gasteiger partial charge is 0.130 e. The fourth-order valence-electron chi connectivity index (χ4n) is 2.23. The van der Waals surface area contributed by atoms with Crippen molar-refractivity contribution in [3.8, 4) is 11.3 Å². The maximum Gasteiger partial charge on any atom is 0.130 e. The Kier molecular flexibility index (Phi) is 4.85. The van der Waals surface area contributed by atoms with Crippen molar-refractivity contribution < 1.29 is 0 Å². The van der Waals surface area contributed by atoms with Gasteiger partial charge in [0.25, 0.3) is 0 Å². The molecule has 0 saturated heterocycles. The molecule has 0 bridgehead atoms. The van der Waals surface area contributed by atoms with Crippen LogP contribution in [0.1, 0.15) is 32.2 Å². The molecule has 1 aromatic carbocycles. The third kappa shape index (κ3) is 4.14. The summed E-state index contributed by atoms with van der Waals surface area (Å²) >= 11 is 0. The quantitative estimate of drug-likeness (QED) is 0.906. The lowest BCUT2D eigenvalue weighted by Gasteiger charge is -2.08. The second-order valence-corrected chi connectivity index (χ2v) is 5.83. The average molecular weight is 269 g/mol. The van der Waals surface area contributed by atoms with Crippen molar-refractivity contribution in [2.24, 2.45) is 11.7 Å². The molecule has 0 radical (unpaired) electrons. The van der Waals surface area contributed by atoms with E-state index >= 15 is 0 Å². The molecular weight excluding hydrogens is 246 g/mol.